The standard InChI is InChI=1S/C8H10.C5H9NO/c1-7-3-5-8(2)6-4-7;1-6-4-2-3-5(6)7/h3-6H,1-2H3;2-4H2,1H3. The number of rotatable bonds is 0. The lowest BCUT2D eigenvalue weighted by molar-refractivity contribution is -0.126. The van der Waals surface area contributed by atoms with Crippen LogP contribution in [0.4, 0.5) is 0 Å². The van der Waals surface area contributed by atoms with E-state index < -0.39 is 0 Å². The van der Waals surface area contributed by atoms with Gasteiger partial charge in [-0.2, -0.15) is 0 Å². The van der Waals surface area contributed by atoms with Crippen molar-refractivity contribution in [3.63, 3.8) is 0 Å². The van der Waals surface area contributed by atoms with Gasteiger partial charge in [0, 0.05) is 20.0 Å². The highest BCUT2D eigenvalue weighted by Crippen LogP contribution is 2.04. The Morgan fingerprint density at radius 2 is 1.53 bits per heavy atom. The Morgan fingerprint density at radius 1 is 1.07 bits per heavy atom. The normalized spacial score (nSPS) is 14.9. The predicted molar refractivity (Wildman–Crippen MR) is 62.8 cm³/mol. The number of hydrogen-bond acceptors (Lipinski definition) is 1. The first-order valence-corrected chi connectivity index (χ1v) is 5.37. The molecule has 0 N–H and O–H groups in total. The molecule has 0 aliphatic carbocycles. The van der Waals surface area contributed by atoms with Crippen LogP contribution >= 0.6 is 0 Å². The van der Waals surface area contributed by atoms with Crippen LogP contribution in [0.1, 0.15) is 24.0 Å². The number of nitrogens with zero attached hydrogens (tertiary/aromatic N) is 1. The first-order chi connectivity index (χ1) is 7.09. The van der Waals surface area contributed by atoms with Gasteiger partial charge >= 0.3 is 0 Å². The summed E-state index contributed by atoms with van der Waals surface area (Å²) in [5.74, 6) is 0.292. The molecular formula is C13H19NO. The molecular weight excluding hydrogens is 186 g/mol. The van der Waals surface area contributed by atoms with Crippen LogP contribution < -0.4 is 0 Å². The van der Waals surface area contributed by atoms with Gasteiger partial charge in [-0.15, -0.1) is 0 Å². The first kappa shape index (κ1) is 11.8. The Bertz CT molecular complexity index is 295. The van der Waals surface area contributed by atoms with E-state index in [1.54, 1.807) is 4.90 Å². The van der Waals surface area contributed by atoms with Crippen LogP contribution in [0.25, 0.3) is 0 Å². The molecule has 2 heteroatoms. The summed E-state index contributed by atoms with van der Waals surface area (Å²) in [6.45, 7) is 5.15. The molecule has 0 saturated carbocycles. The van der Waals surface area contributed by atoms with E-state index in [2.05, 4.69) is 38.1 Å². The molecule has 2 nitrogen and oxygen atoms in total. The van der Waals surface area contributed by atoms with Crippen LogP contribution in [-0.4, -0.2) is 24.4 Å². The summed E-state index contributed by atoms with van der Waals surface area (Å²) >= 11 is 0. The second kappa shape index (κ2) is 5.54. The number of hydrogen-bond donors (Lipinski definition) is 0. The molecule has 0 aromatic heterocycles. The van der Waals surface area contributed by atoms with Gasteiger partial charge in [-0.25, -0.2) is 0 Å². The smallest absolute Gasteiger partial charge is 0.222 e. The van der Waals surface area contributed by atoms with E-state index in [0.29, 0.717) is 5.91 Å². The summed E-state index contributed by atoms with van der Waals surface area (Å²) in [7, 11) is 1.84. The van der Waals surface area contributed by atoms with Crippen molar-refractivity contribution in [2.45, 2.75) is 26.7 Å². The summed E-state index contributed by atoms with van der Waals surface area (Å²) in [5, 5.41) is 0. The third-order valence-corrected chi connectivity index (χ3v) is 2.53. The average Bonchev–Trinajstić information content (AvgIpc) is 2.57. The van der Waals surface area contributed by atoms with Crippen LogP contribution in [0.5, 0.6) is 0 Å². The third kappa shape index (κ3) is 4.15. The molecule has 1 fully saturated rings. The first-order valence-electron chi connectivity index (χ1n) is 5.37. The van der Waals surface area contributed by atoms with Gasteiger partial charge in [-0.05, 0) is 20.3 Å². The Kier molecular flexibility index (Phi) is 4.35. The van der Waals surface area contributed by atoms with E-state index in [0.717, 1.165) is 19.4 Å². The van der Waals surface area contributed by atoms with Crippen LogP contribution in [0.3, 0.4) is 0 Å². The fourth-order valence-corrected chi connectivity index (χ4v) is 1.42. The van der Waals surface area contributed by atoms with Crippen LogP contribution in [-0.2, 0) is 4.79 Å². The van der Waals surface area contributed by atoms with Gasteiger partial charge in [0.2, 0.25) is 5.91 Å². The summed E-state index contributed by atoms with van der Waals surface area (Å²) in [5.41, 5.74) is 2.66. The quantitative estimate of drug-likeness (QED) is 0.637. The molecule has 15 heavy (non-hydrogen) atoms. The van der Waals surface area contributed by atoms with Crippen molar-refractivity contribution < 1.29 is 4.79 Å². The lowest BCUT2D eigenvalue weighted by Gasteiger charge is -2.03. The van der Waals surface area contributed by atoms with E-state index >= 15 is 0 Å². The Balaban J connectivity index is 0.000000151. The van der Waals surface area contributed by atoms with Crippen LogP contribution in [0, 0.1) is 13.8 Å². The van der Waals surface area contributed by atoms with E-state index in [4.69, 9.17) is 0 Å². The number of carbonyl (C=O) groups excluding carboxylic acids is 1. The van der Waals surface area contributed by atoms with Crippen molar-refractivity contribution in [3.05, 3.63) is 35.4 Å². The van der Waals surface area contributed by atoms with Gasteiger partial charge in [0.05, 0.1) is 0 Å². The second-order valence-electron chi connectivity index (χ2n) is 4.07. The predicted octanol–water partition coefficient (Wildman–Crippen LogP) is 2.54. The van der Waals surface area contributed by atoms with Crippen LogP contribution in [0.2, 0.25) is 0 Å². The van der Waals surface area contributed by atoms with Crippen molar-refractivity contribution in [1.82, 2.24) is 4.90 Å². The Labute approximate surface area is 91.9 Å². The lowest BCUT2D eigenvalue weighted by atomic mass is 10.2. The molecule has 0 atom stereocenters. The maximum atomic E-state index is 10.5. The largest absolute Gasteiger partial charge is 0.346 e. The molecule has 1 amide bonds. The van der Waals surface area contributed by atoms with E-state index in [1.165, 1.54) is 11.1 Å². The molecule has 1 aromatic carbocycles. The van der Waals surface area contributed by atoms with E-state index in [9.17, 15) is 4.79 Å². The monoisotopic (exact) mass is 205 g/mol. The summed E-state index contributed by atoms with van der Waals surface area (Å²) in [6, 6.07) is 8.48. The summed E-state index contributed by atoms with van der Waals surface area (Å²) < 4.78 is 0. The molecule has 0 unspecified atom stereocenters. The molecule has 1 heterocycles. The molecule has 82 valence electrons. The van der Waals surface area contributed by atoms with E-state index in [1.807, 2.05) is 7.05 Å². The van der Waals surface area contributed by atoms with Crippen molar-refractivity contribution in [2.24, 2.45) is 0 Å². The van der Waals surface area contributed by atoms with E-state index in [-0.39, 0.29) is 0 Å². The highest BCUT2D eigenvalue weighted by molar-refractivity contribution is 5.77. The third-order valence-electron chi connectivity index (χ3n) is 2.53. The van der Waals surface area contributed by atoms with Gasteiger partial charge in [0.1, 0.15) is 0 Å². The molecule has 1 saturated heterocycles. The Hall–Kier alpha value is -1.31. The molecule has 1 aromatic rings. The zero-order valence-electron chi connectivity index (χ0n) is 9.79. The minimum absolute atomic E-state index is 0.292. The minimum Gasteiger partial charge on any atom is -0.346 e. The topological polar surface area (TPSA) is 20.3 Å². The van der Waals surface area contributed by atoms with Crippen molar-refractivity contribution in [1.29, 1.82) is 0 Å². The molecule has 1 aliphatic heterocycles. The van der Waals surface area contributed by atoms with Gasteiger partial charge in [0.15, 0.2) is 0 Å². The van der Waals surface area contributed by atoms with Crippen molar-refractivity contribution in [3.8, 4) is 0 Å². The molecule has 0 bridgehead atoms. The zero-order valence-corrected chi connectivity index (χ0v) is 9.79. The Morgan fingerprint density at radius 3 is 1.73 bits per heavy atom. The SMILES string of the molecule is CN1CCCC1=O.Cc1ccc(C)cc1. The second-order valence-corrected chi connectivity index (χ2v) is 4.07. The number of carbonyl (C=O) groups is 1. The number of amides is 1. The maximum absolute atomic E-state index is 10.5. The molecule has 1 aliphatic rings. The lowest BCUT2D eigenvalue weighted by Crippen LogP contribution is -2.17. The summed E-state index contributed by atoms with van der Waals surface area (Å²) in [4.78, 5) is 12.3. The average molecular weight is 205 g/mol. The fraction of sp³-hybridized carbons (Fsp3) is 0.462. The van der Waals surface area contributed by atoms with Crippen molar-refractivity contribution >= 4 is 5.91 Å². The van der Waals surface area contributed by atoms with Crippen molar-refractivity contribution in [2.75, 3.05) is 13.6 Å². The number of likely N-dealkylation sites (tertiary alicyclic amines) is 1. The van der Waals surface area contributed by atoms with Gasteiger partial charge in [-0.1, -0.05) is 35.4 Å². The van der Waals surface area contributed by atoms with Gasteiger partial charge in [0.25, 0.3) is 0 Å². The van der Waals surface area contributed by atoms with Gasteiger partial charge in [-0.3, -0.25) is 4.79 Å². The highest BCUT2D eigenvalue weighted by atomic mass is 16.2. The molecule has 2 rings (SSSR count). The number of aryl methyl sites for hydroxylation is 2. The number of benzene rings is 1. The fourth-order valence-electron chi connectivity index (χ4n) is 1.42. The van der Waals surface area contributed by atoms with Crippen LogP contribution in [0.15, 0.2) is 24.3 Å². The van der Waals surface area contributed by atoms with Gasteiger partial charge < -0.3 is 4.90 Å². The highest BCUT2D eigenvalue weighted by Gasteiger charge is 2.14. The molecule has 0 spiro atoms. The summed E-state index contributed by atoms with van der Waals surface area (Å²) in [6.07, 6.45) is 1.81. The minimum atomic E-state index is 0.292. The molecule has 0 radical (unpaired) electrons. The zero-order chi connectivity index (χ0) is 11.3. The maximum Gasteiger partial charge on any atom is 0.222 e.